The van der Waals surface area contributed by atoms with Crippen molar-refractivity contribution in [3.8, 4) is 22.4 Å². The minimum absolute atomic E-state index is 0.202. The summed E-state index contributed by atoms with van der Waals surface area (Å²) in [7, 11) is 0. The molecule has 1 amide bonds. The van der Waals surface area contributed by atoms with Gasteiger partial charge in [-0.25, -0.2) is 19.1 Å². The molecule has 1 saturated carbocycles. The van der Waals surface area contributed by atoms with Crippen molar-refractivity contribution in [1.82, 2.24) is 24.9 Å². The fourth-order valence-electron chi connectivity index (χ4n) is 4.42. The Hall–Kier alpha value is -4.27. The van der Waals surface area contributed by atoms with E-state index in [4.69, 9.17) is 4.74 Å². The summed E-state index contributed by atoms with van der Waals surface area (Å²) in [6.07, 6.45) is 4.02. The zero-order chi connectivity index (χ0) is 25.5. The molecule has 184 valence electrons. The predicted molar refractivity (Wildman–Crippen MR) is 134 cm³/mol. The van der Waals surface area contributed by atoms with Crippen molar-refractivity contribution < 1.29 is 19.4 Å². The maximum Gasteiger partial charge on any atom is 0.408 e. The van der Waals surface area contributed by atoms with Crippen molar-refractivity contribution in [1.29, 1.82) is 0 Å². The summed E-state index contributed by atoms with van der Waals surface area (Å²) in [5, 5.41) is 16.4. The van der Waals surface area contributed by atoms with Gasteiger partial charge in [0, 0.05) is 17.3 Å². The van der Waals surface area contributed by atoms with Crippen LogP contribution in [0, 0.1) is 0 Å². The Labute approximate surface area is 208 Å². The highest BCUT2D eigenvalue weighted by atomic mass is 16.6. The van der Waals surface area contributed by atoms with Crippen molar-refractivity contribution in [3.63, 3.8) is 0 Å². The molecular weight excluding hydrogens is 458 g/mol. The molecule has 4 aromatic rings. The van der Waals surface area contributed by atoms with Crippen LogP contribution in [0.3, 0.4) is 0 Å². The second-order valence-electron chi connectivity index (χ2n) is 9.99. The Morgan fingerprint density at radius 1 is 1.00 bits per heavy atom. The first-order valence-corrected chi connectivity index (χ1v) is 11.8. The number of carbonyl (C=O) groups is 2. The van der Waals surface area contributed by atoms with E-state index in [1.54, 1.807) is 6.20 Å². The van der Waals surface area contributed by atoms with Gasteiger partial charge in [-0.1, -0.05) is 54.6 Å². The third kappa shape index (κ3) is 4.51. The van der Waals surface area contributed by atoms with Crippen LogP contribution in [0.1, 0.15) is 56.2 Å². The predicted octanol–water partition coefficient (Wildman–Crippen LogP) is 5.06. The third-order valence-electron chi connectivity index (χ3n) is 6.27. The Bertz CT molecular complexity index is 1440. The first-order valence-electron chi connectivity index (χ1n) is 11.8. The Morgan fingerprint density at radius 3 is 2.28 bits per heavy atom. The van der Waals surface area contributed by atoms with E-state index in [1.807, 2.05) is 75.4 Å². The van der Waals surface area contributed by atoms with E-state index in [1.165, 1.54) is 4.52 Å². The highest BCUT2D eigenvalue weighted by molar-refractivity contribution is 5.85. The number of carboxylic acids is 1. The number of carbonyl (C=O) groups excluding carboxylic acids is 1. The maximum atomic E-state index is 12.5. The van der Waals surface area contributed by atoms with Crippen LogP contribution in [0.5, 0.6) is 0 Å². The van der Waals surface area contributed by atoms with Gasteiger partial charge in [-0.3, -0.25) is 0 Å². The van der Waals surface area contributed by atoms with Crippen LogP contribution < -0.4 is 5.32 Å². The normalized spacial score (nSPS) is 14.8. The first-order chi connectivity index (χ1) is 17.1. The molecule has 9 heteroatoms. The Balaban J connectivity index is 1.53. The summed E-state index contributed by atoms with van der Waals surface area (Å²) in [6.45, 7) is 5.54. The second kappa shape index (κ2) is 8.75. The summed E-state index contributed by atoms with van der Waals surface area (Å²) in [5.41, 5.74) is 3.19. The number of aromatic carboxylic acids is 1. The molecule has 2 aromatic heterocycles. The Kier molecular flexibility index (Phi) is 5.70. The Morgan fingerprint density at radius 2 is 1.69 bits per heavy atom. The van der Waals surface area contributed by atoms with Gasteiger partial charge < -0.3 is 15.2 Å². The standard InChI is InChI=1S/C27H27N5O4/c1-26(2,3)36-25(35)30-27(14-7-15-27)19-12-10-18(11-13-19)21-20(17-8-5-4-6-9-17)16-32-24(28-21)29-22(31-32)23(33)34/h4-6,8-13,16H,7,14-15H2,1-3H3,(H,30,35)(H,33,34). The number of amides is 1. The topological polar surface area (TPSA) is 119 Å². The largest absolute Gasteiger partial charge is 0.475 e. The number of nitrogens with one attached hydrogen (secondary N) is 1. The van der Waals surface area contributed by atoms with E-state index >= 15 is 0 Å². The molecule has 0 radical (unpaired) electrons. The van der Waals surface area contributed by atoms with Crippen LogP contribution in [-0.4, -0.2) is 42.4 Å². The zero-order valence-electron chi connectivity index (χ0n) is 20.4. The quantitative estimate of drug-likeness (QED) is 0.405. The molecule has 0 spiro atoms. The van der Waals surface area contributed by atoms with Crippen LogP contribution >= 0.6 is 0 Å². The summed E-state index contributed by atoms with van der Waals surface area (Å²) in [4.78, 5) is 32.6. The van der Waals surface area contributed by atoms with Gasteiger partial charge in [-0.05, 0) is 51.2 Å². The lowest BCUT2D eigenvalue weighted by Gasteiger charge is -2.43. The van der Waals surface area contributed by atoms with E-state index in [2.05, 4.69) is 20.4 Å². The molecule has 0 atom stereocenters. The van der Waals surface area contributed by atoms with Crippen LogP contribution in [0.2, 0.25) is 0 Å². The number of alkyl carbamates (subject to hydrolysis) is 1. The van der Waals surface area contributed by atoms with Crippen LogP contribution in [0.4, 0.5) is 4.79 Å². The number of fused-ring (bicyclic) bond motifs is 1. The smallest absolute Gasteiger partial charge is 0.408 e. The first kappa shape index (κ1) is 23.5. The van der Waals surface area contributed by atoms with E-state index in [-0.39, 0.29) is 11.6 Å². The molecule has 1 fully saturated rings. The highest BCUT2D eigenvalue weighted by Gasteiger charge is 2.41. The van der Waals surface area contributed by atoms with E-state index in [9.17, 15) is 14.7 Å². The van der Waals surface area contributed by atoms with Gasteiger partial charge in [-0.15, -0.1) is 5.10 Å². The van der Waals surface area contributed by atoms with Gasteiger partial charge in [0.1, 0.15) is 5.60 Å². The average molecular weight is 486 g/mol. The molecule has 9 nitrogen and oxygen atoms in total. The number of ether oxygens (including phenoxy) is 1. The molecule has 2 aromatic carbocycles. The number of hydrogen-bond acceptors (Lipinski definition) is 6. The summed E-state index contributed by atoms with van der Waals surface area (Å²) in [6, 6.07) is 17.6. The molecule has 1 aliphatic rings. The minimum Gasteiger partial charge on any atom is -0.475 e. The average Bonchev–Trinajstić information content (AvgIpc) is 3.24. The number of benzene rings is 2. The molecule has 36 heavy (non-hydrogen) atoms. The molecule has 0 bridgehead atoms. The molecule has 2 heterocycles. The SMILES string of the molecule is CC(C)(C)OC(=O)NC1(c2ccc(-c3nc4nc(C(=O)O)nn4cc3-c3ccccc3)cc2)CCC1. The lowest BCUT2D eigenvalue weighted by atomic mass is 9.71. The highest BCUT2D eigenvalue weighted by Crippen LogP contribution is 2.42. The van der Waals surface area contributed by atoms with Crippen molar-refractivity contribution in [2.75, 3.05) is 0 Å². The zero-order valence-corrected chi connectivity index (χ0v) is 20.4. The van der Waals surface area contributed by atoms with Gasteiger partial charge in [0.05, 0.1) is 11.2 Å². The summed E-state index contributed by atoms with van der Waals surface area (Å²) in [5.74, 6) is -1.32. The lowest BCUT2D eigenvalue weighted by Crippen LogP contribution is -2.52. The maximum absolute atomic E-state index is 12.5. The van der Waals surface area contributed by atoms with E-state index in [0.717, 1.165) is 41.5 Å². The van der Waals surface area contributed by atoms with Crippen LogP contribution in [-0.2, 0) is 10.3 Å². The number of aromatic nitrogens is 4. The molecule has 1 aliphatic carbocycles. The molecule has 0 unspecified atom stereocenters. The fraction of sp³-hybridized carbons (Fsp3) is 0.296. The fourth-order valence-corrected chi connectivity index (χ4v) is 4.42. The molecule has 0 aliphatic heterocycles. The molecule has 0 saturated heterocycles. The van der Waals surface area contributed by atoms with Crippen molar-refractivity contribution >= 4 is 17.8 Å². The van der Waals surface area contributed by atoms with Crippen LogP contribution in [0.15, 0.2) is 60.8 Å². The summed E-state index contributed by atoms with van der Waals surface area (Å²) >= 11 is 0. The number of nitrogens with zero attached hydrogens (tertiary/aromatic N) is 4. The lowest BCUT2D eigenvalue weighted by molar-refractivity contribution is 0.0377. The summed E-state index contributed by atoms with van der Waals surface area (Å²) < 4.78 is 6.88. The molecule has 2 N–H and O–H groups in total. The molecular formula is C27H27N5O4. The van der Waals surface area contributed by atoms with E-state index in [0.29, 0.717) is 5.69 Å². The molecule has 5 rings (SSSR count). The minimum atomic E-state index is -1.21. The number of rotatable bonds is 5. The van der Waals surface area contributed by atoms with Gasteiger partial charge in [0.15, 0.2) is 0 Å². The van der Waals surface area contributed by atoms with Crippen molar-refractivity contribution in [2.45, 2.75) is 51.2 Å². The monoisotopic (exact) mass is 485 g/mol. The van der Waals surface area contributed by atoms with Crippen LogP contribution in [0.25, 0.3) is 28.2 Å². The van der Waals surface area contributed by atoms with Gasteiger partial charge >= 0.3 is 12.1 Å². The van der Waals surface area contributed by atoms with Gasteiger partial charge in [-0.2, -0.15) is 4.98 Å². The van der Waals surface area contributed by atoms with Crippen molar-refractivity contribution in [3.05, 3.63) is 72.2 Å². The van der Waals surface area contributed by atoms with Gasteiger partial charge in [0.2, 0.25) is 0 Å². The van der Waals surface area contributed by atoms with Crippen molar-refractivity contribution in [2.24, 2.45) is 0 Å². The number of carboxylic acid groups (broad SMARTS) is 1. The third-order valence-corrected chi connectivity index (χ3v) is 6.27. The second-order valence-corrected chi connectivity index (χ2v) is 9.99. The van der Waals surface area contributed by atoms with Gasteiger partial charge in [0.25, 0.3) is 11.6 Å². The van der Waals surface area contributed by atoms with E-state index < -0.39 is 23.2 Å². The number of hydrogen-bond donors (Lipinski definition) is 2.